The standard InChI is InChI=1S/C14H16N2O2/c1-16-13-5-3-2-4-11(13)12(8-14(16)18)15-9-6-10(17)7-9/h2-5,8-10,15,17H,6-7H2,1H3. The van der Waals surface area contributed by atoms with E-state index in [0.717, 1.165) is 29.4 Å². The molecule has 2 N–H and O–H groups in total. The summed E-state index contributed by atoms with van der Waals surface area (Å²) in [5.74, 6) is 0. The normalized spacial score (nSPS) is 22.8. The van der Waals surface area contributed by atoms with Crippen LogP contribution in [0.1, 0.15) is 12.8 Å². The van der Waals surface area contributed by atoms with Crippen LogP contribution in [0.4, 0.5) is 5.69 Å². The lowest BCUT2D eigenvalue weighted by molar-refractivity contribution is 0.0837. The largest absolute Gasteiger partial charge is 0.393 e. The van der Waals surface area contributed by atoms with Crippen molar-refractivity contribution in [2.45, 2.75) is 25.0 Å². The molecular weight excluding hydrogens is 228 g/mol. The van der Waals surface area contributed by atoms with Gasteiger partial charge in [-0.25, -0.2) is 0 Å². The van der Waals surface area contributed by atoms with Crippen molar-refractivity contribution in [1.29, 1.82) is 0 Å². The molecule has 1 aromatic heterocycles. The molecule has 1 aliphatic carbocycles. The Kier molecular flexibility index (Phi) is 2.59. The smallest absolute Gasteiger partial charge is 0.252 e. The lowest BCUT2D eigenvalue weighted by Gasteiger charge is -2.33. The van der Waals surface area contributed by atoms with Crippen LogP contribution in [0.2, 0.25) is 0 Å². The van der Waals surface area contributed by atoms with Gasteiger partial charge in [-0.2, -0.15) is 0 Å². The first-order valence-corrected chi connectivity index (χ1v) is 6.18. The molecule has 0 saturated heterocycles. The number of pyridine rings is 1. The predicted molar refractivity (Wildman–Crippen MR) is 71.8 cm³/mol. The minimum absolute atomic E-state index is 0.0175. The Balaban J connectivity index is 2.06. The summed E-state index contributed by atoms with van der Waals surface area (Å²) in [5, 5.41) is 13.7. The molecule has 0 aliphatic heterocycles. The number of aliphatic hydroxyl groups is 1. The molecule has 1 heterocycles. The lowest BCUT2D eigenvalue weighted by Crippen LogP contribution is -2.39. The first kappa shape index (κ1) is 11.3. The zero-order chi connectivity index (χ0) is 12.7. The average molecular weight is 244 g/mol. The molecule has 4 nitrogen and oxygen atoms in total. The van der Waals surface area contributed by atoms with Crippen LogP contribution < -0.4 is 10.9 Å². The molecule has 0 atom stereocenters. The second-order valence-corrected chi connectivity index (χ2v) is 4.94. The number of nitrogens with one attached hydrogen (secondary N) is 1. The van der Waals surface area contributed by atoms with Crippen molar-refractivity contribution in [3.05, 3.63) is 40.7 Å². The quantitative estimate of drug-likeness (QED) is 0.841. The van der Waals surface area contributed by atoms with Crippen LogP contribution in [-0.4, -0.2) is 21.8 Å². The van der Waals surface area contributed by atoms with E-state index in [9.17, 15) is 9.90 Å². The van der Waals surface area contributed by atoms with E-state index in [2.05, 4.69) is 5.32 Å². The van der Waals surface area contributed by atoms with E-state index >= 15 is 0 Å². The van der Waals surface area contributed by atoms with Crippen LogP contribution in [-0.2, 0) is 7.05 Å². The summed E-state index contributed by atoms with van der Waals surface area (Å²) in [6.45, 7) is 0. The first-order chi connectivity index (χ1) is 8.65. The molecule has 1 saturated carbocycles. The molecule has 1 fully saturated rings. The zero-order valence-corrected chi connectivity index (χ0v) is 10.3. The molecule has 4 heteroatoms. The monoisotopic (exact) mass is 244 g/mol. The van der Waals surface area contributed by atoms with Crippen molar-refractivity contribution >= 4 is 16.6 Å². The van der Waals surface area contributed by atoms with Gasteiger partial charge in [0.2, 0.25) is 0 Å². The van der Waals surface area contributed by atoms with Gasteiger partial charge in [-0.05, 0) is 18.9 Å². The molecule has 0 spiro atoms. The Morgan fingerprint density at radius 3 is 2.78 bits per heavy atom. The summed E-state index contributed by atoms with van der Waals surface area (Å²) in [6.07, 6.45) is 1.31. The van der Waals surface area contributed by atoms with Gasteiger partial charge in [0.1, 0.15) is 0 Å². The van der Waals surface area contributed by atoms with Gasteiger partial charge in [0, 0.05) is 30.2 Å². The summed E-state index contributed by atoms with van der Waals surface area (Å²) >= 11 is 0. The minimum atomic E-state index is -0.194. The number of rotatable bonds is 2. The van der Waals surface area contributed by atoms with Crippen molar-refractivity contribution in [3.8, 4) is 0 Å². The highest BCUT2D eigenvalue weighted by Crippen LogP contribution is 2.27. The number of para-hydroxylation sites is 1. The topological polar surface area (TPSA) is 54.3 Å². The van der Waals surface area contributed by atoms with E-state index in [1.54, 1.807) is 17.7 Å². The molecule has 1 aliphatic rings. The number of aliphatic hydroxyl groups excluding tert-OH is 1. The third-order valence-corrected chi connectivity index (χ3v) is 3.63. The fourth-order valence-corrected chi connectivity index (χ4v) is 2.46. The van der Waals surface area contributed by atoms with Crippen LogP contribution in [0.5, 0.6) is 0 Å². The Hall–Kier alpha value is -1.81. The molecule has 0 radical (unpaired) electrons. The van der Waals surface area contributed by atoms with Gasteiger partial charge in [-0.3, -0.25) is 4.79 Å². The molecule has 2 aromatic rings. The maximum absolute atomic E-state index is 11.9. The number of nitrogens with zero attached hydrogens (tertiary/aromatic N) is 1. The number of hydrogen-bond donors (Lipinski definition) is 2. The number of aromatic nitrogens is 1. The molecule has 0 unspecified atom stereocenters. The number of hydrogen-bond acceptors (Lipinski definition) is 3. The van der Waals surface area contributed by atoms with Crippen molar-refractivity contribution in [2.24, 2.45) is 7.05 Å². The molecule has 94 valence electrons. The summed E-state index contributed by atoms with van der Waals surface area (Å²) in [6, 6.07) is 9.75. The van der Waals surface area contributed by atoms with Gasteiger partial charge in [0.15, 0.2) is 0 Å². The highest BCUT2D eigenvalue weighted by atomic mass is 16.3. The number of anilines is 1. The molecule has 0 bridgehead atoms. The third kappa shape index (κ3) is 1.78. The van der Waals surface area contributed by atoms with Gasteiger partial charge in [-0.1, -0.05) is 18.2 Å². The SMILES string of the molecule is Cn1c(=O)cc(NC2CC(O)C2)c2ccccc21. The lowest BCUT2D eigenvalue weighted by atomic mass is 9.89. The van der Waals surface area contributed by atoms with Crippen LogP contribution in [0.3, 0.4) is 0 Å². The number of benzene rings is 1. The maximum Gasteiger partial charge on any atom is 0.252 e. The molecule has 3 rings (SSSR count). The minimum Gasteiger partial charge on any atom is -0.393 e. The highest BCUT2D eigenvalue weighted by molar-refractivity contribution is 5.91. The number of aryl methyl sites for hydroxylation is 1. The first-order valence-electron chi connectivity index (χ1n) is 6.18. The molecule has 0 amide bonds. The number of fused-ring (bicyclic) bond motifs is 1. The Morgan fingerprint density at radius 2 is 2.06 bits per heavy atom. The van der Waals surface area contributed by atoms with E-state index < -0.39 is 0 Å². The van der Waals surface area contributed by atoms with Gasteiger partial charge < -0.3 is 15.0 Å². The van der Waals surface area contributed by atoms with Crippen molar-refractivity contribution in [3.63, 3.8) is 0 Å². The van der Waals surface area contributed by atoms with Crippen molar-refractivity contribution in [1.82, 2.24) is 4.57 Å². The summed E-state index contributed by atoms with van der Waals surface area (Å²) in [4.78, 5) is 11.9. The Bertz CT molecular complexity index is 642. The van der Waals surface area contributed by atoms with Crippen molar-refractivity contribution in [2.75, 3.05) is 5.32 Å². The molecule has 18 heavy (non-hydrogen) atoms. The maximum atomic E-state index is 11.9. The van der Waals surface area contributed by atoms with Gasteiger partial charge >= 0.3 is 0 Å². The zero-order valence-electron chi connectivity index (χ0n) is 10.3. The third-order valence-electron chi connectivity index (χ3n) is 3.63. The molecular formula is C14H16N2O2. The van der Waals surface area contributed by atoms with E-state index in [-0.39, 0.29) is 17.7 Å². The fourth-order valence-electron chi connectivity index (χ4n) is 2.46. The Morgan fingerprint density at radius 1 is 1.33 bits per heavy atom. The van der Waals surface area contributed by atoms with E-state index in [1.807, 2.05) is 24.3 Å². The van der Waals surface area contributed by atoms with Crippen molar-refractivity contribution < 1.29 is 5.11 Å². The van der Waals surface area contributed by atoms with E-state index in [0.29, 0.717) is 0 Å². The Labute approximate surface area is 105 Å². The molecule has 1 aromatic carbocycles. The fraction of sp³-hybridized carbons (Fsp3) is 0.357. The van der Waals surface area contributed by atoms with Gasteiger partial charge in [0.05, 0.1) is 11.6 Å². The van der Waals surface area contributed by atoms with Gasteiger partial charge in [0.25, 0.3) is 5.56 Å². The van der Waals surface area contributed by atoms with Crippen LogP contribution in [0.15, 0.2) is 35.1 Å². The predicted octanol–water partition coefficient (Wildman–Crippen LogP) is 1.47. The second-order valence-electron chi connectivity index (χ2n) is 4.94. The van der Waals surface area contributed by atoms with Gasteiger partial charge in [-0.15, -0.1) is 0 Å². The van der Waals surface area contributed by atoms with Crippen LogP contribution >= 0.6 is 0 Å². The highest BCUT2D eigenvalue weighted by Gasteiger charge is 2.27. The summed E-state index contributed by atoms with van der Waals surface area (Å²) < 4.78 is 1.65. The van der Waals surface area contributed by atoms with Crippen LogP contribution in [0, 0.1) is 0 Å². The summed E-state index contributed by atoms with van der Waals surface area (Å²) in [5.41, 5.74) is 1.77. The van der Waals surface area contributed by atoms with E-state index in [4.69, 9.17) is 0 Å². The van der Waals surface area contributed by atoms with E-state index in [1.165, 1.54) is 0 Å². The summed E-state index contributed by atoms with van der Waals surface area (Å²) in [7, 11) is 1.78. The second kappa shape index (κ2) is 4.14. The average Bonchev–Trinajstić information content (AvgIpc) is 2.33. The van der Waals surface area contributed by atoms with Crippen LogP contribution in [0.25, 0.3) is 10.9 Å².